The van der Waals surface area contributed by atoms with E-state index in [0.29, 0.717) is 16.9 Å². The number of carbonyl (C=O) groups excluding carboxylic acids is 1. The number of hydrogen-bond donors (Lipinski definition) is 2. The molecule has 0 aliphatic heterocycles. The van der Waals surface area contributed by atoms with Crippen LogP contribution in [0.3, 0.4) is 0 Å². The van der Waals surface area contributed by atoms with Gasteiger partial charge in [-0.05, 0) is 12.1 Å². The van der Waals surface area contributed by atoms with Crippen molar-refractivity contribution in [1.82, 2.24) is 5.43 Å². The van der Waals surface area contributed by atoms with E-state index >= 15 is 0 Å². The van der Waals surface area contributed by atoms with Gasteiger partial charge in [-0.2, -0.15) is 0 Å². The quantitative estimate of drug-likeness (QED) is 0.360. The number of nitrogens with one attached hydrogen (secondary N) is 1. The zero-order valence-electron chi connectivity index (χ0n) is 10.4. The van der Waals surface area contributed by atoms with Crippen LogP contribution in [0.1, 0.15) is 10.4 Å². The average molecular weight is 264 g/mol. The Morgan fingerprint density at radius 1 is 1.21 bits per heavy atom. The fourth-order valence-corrected chi connectivity index (χ4v) is 1.68. The van der Waals surface area contributed by atoms with Crippen molar-refractivity contribution in [2.45, 2.75) is 0 Å². The highest BCUT2D eigenvalue weighted by atomic mass is 16.5. The van der Waals surface area contributed by atoms with Crippen LogP contribution < -0.4 is 26.4 Å². The molecule has 0 aliphatic carbocycles. The zero-order valence-corrected chi connectivity index (χ0v) is 10.4. The van der Waals surface area contributed by atoms with Crippen molar-refractivity contribution in [3.63, 3.8) is 0 Å². The molecular formula is C12H12N2O5. The first-order valence-electron chi connectivity index (χ1n) is 5.31. The SMILES string of the molecule is COc1cc2cc(C(=O)NN)c(=O)oc2cc1OC. The third kappa shape index (κ3) is 2.23. The van der Waals surface area contributed by atoms with E-state index in [1.165, 1.54) is 26.4 Å². The number of nitrogen functional groups attached to an aromatic ring is 1. The first-order chi connectivity index (χ1) is 9.10. The molecule has 19 heavy (non-hydrogen) atoms. The van der Waals surface area contributed by atoms with Crippen molar-refractivity contribution >= 4 is 16.9 Å². The largest absolute Gasteiger partial charge is 0.493 e. The number of rotatable bonds is 3. The van der Waals surface area contributed by atoms with Crippen LogP contribution in [0, 0.1) is 0 Å². The van der Waals surface area contributed by atoms with E-state index in [1.807, 2.05) is 5.43 Å². The number of fused-ring (bicyclic) bond motifs is 1. The van der Waals surface area contributed by atoms with Crippen LogP contribution in [0.25, 0.3) is 11.0 Å². The number of hydrogen-bond acceptors (Lipinski definition) is 6. The highest BCUT2D eigenvalue weighted by Gasteiger charge is 2.14. The number of ether oxygens (including phenoxy) is 2. The molecule has 3 N–H and O–H groups in total. The van der Waals surface area contributed by atoms with Gasteiger partial charge in [0.05, 0.1) is 14.2 Å². The Balaban J connectivity index is 2.72. The van der Waals surface area contributed by atoms with E-state index in [2.05, 4.69) is 0 Å². The van der Waals surface area contributed by atoms with Crippen molar-refractivity contribution in [1.29, 1.82) is 0 Å². The number of amides is 1. The topological polar surface area (TPSA) is 104 Å². The van der Waals surface area contributed by atoms with Crippen LogP contribution in [-0.4, -0.2) is 20.1 Å². The minimum atomic E-state index is -0.775. The Labute approximate surface area is 107 Å². The Hall–Kier alpha value is -2.54. The van der Waals surface area contributed by atoms with Crippen molar-refractivity contribution < 1.29 is 18.7 Å². The first kappa shape index (κ1) is 12.9. The predicted octanol–water partition coefficient (Wildman–Crippen LogP) is 0.414. The summed E-state index contributed by atoms with van der Waals surface area (Å²) in [6.45, 7) is 0. The molecule has 7 heteroatoms. The summed E-state index contributed by atoms with van der Waals surface area (Å²) < 4.78 is 15.3. The van der Waals surface area contributed by atoms with Gasteiger partial charge in [0.1, 0.15) is 11.1 Å². The molecule has 0 saturated heterocycles. The lowest BCUT2D eigenvalue weighted by molar-refractivity contribution is 0.0950. The zero-order chi connectivity index (χ0) is 14.0. The number of nitrogens with two attached hydrogens (primary N) is 1. The summed E-state index contributed by atoms with van der Waals surface area (Å²) >= 11 is 0. The molecule has 1 aromatic carbocycles. The molecule has 0 spiro atoms. The van der Waals surface area contributed by atoms with Gasteiger partial charge in [0.2, 0.25) is 0 Å². The van der Waals surface area contributed by atoms with Crippen LogP contribution in [0.4, 0.5) is 0 Å². The second kappa shape index (κ2) is 4.99. The molecule has 0 atom stereocenters. The lowest BCUT2D eigenvalue weighted by Crippen LogP contribution is -2.33. The van der Waals surface area contributed by atoms with Gasteiger partial charge in [-0.1, -0.05) is 0 Å². The molecule has 0 unspecified atom stereocenters. The van der Waals surface area contributed by atoms with Crippen molar-refractivity contribution in [2.75, 3.05) is 14.2 Å². The normalized spacial score (nSPS) is 10.3. The van der Waals surface area contributed by atoms with Gasteiger partial charge in [0, 0.05) is 11.5 Å². The highest BCUT2D eigenvalue weighted by molar-refractivity contribution is 5.96. The monoisotopic (exact) mass is 264 g/mol. The molecule has 0 saturated carbocycles. The third-order valence-electron chi connectivity index (χ3n) is 2.61. The summed E-state index contributed by atoms with van der Waals surface area (Å²) in [6.07, 6.45) is 0. The van der Waals surface area contributed by atoms with Gasteiger partial charge in [-0.3, -0.25) is 10.2 Å². The maximum atomic E-state index is 11.6. The maximum Gasteiger partial charge on any atom is 0.349 e. The van der Waals surface area contributed by atoms with Crippen LogP contribution in [0.5, 0.6) is 11.5 Å². The Morgan fingerprint density at radius 3 is 2.42 bits per heavy atom. The average Bonchev–Trinajstić information content (AvgIpc) is 2.44. The third-order valence-corrected chi connectivity index (χ3v) is 2.61. The van der Waals surface area contributed by atoms with Crippen molar-refractivity contribution in [2.24, 2.45) is 5.84 Å². The van der Waals surface area contributed by atoms with Crippen molar-refractivity contribution in [3.8, 4) is 11.5 Å². The summed E-state index contributed by atoms with van der Waals surface area (Å²) in [6, 6.07) is 4.50. The summed E-state index contributed by atoms with van der Waals surface area (Å²) in [5.41, 5.74) is 1.22. The Kier molecular flexibility index (Phi) is 3.39. The number of carbonyl (C=O) groups is 1. The lowest BCUT2D eigenvalue weighted by atomic mass is 10.1. The fraction of sp³-hybridized carbons (Fsp3) is 0.167. The molecule has 1 aromatic heterocycles. The van der Waals surface area contributed by atoms with E-state index in [0.717, 1.165) is 0 Å². The van der Waals surface area contributed by atoms with E-state index in [9.17, 15) is 9.59 Å². The van der Waals surface area contributed by atoms with Crippen LogP contribution >= 0.6 is 0 Å². The number of hydrazine groups is 1. The molecule has 7 nitrogen and oxygen atoms in total. The van der Waals surface area contributed by atoms with Gasteiger partial charge in [0.15, 0.2) is 11.5 Å². The summed E-state index contributed by atoms with van der Waals surface area (Å²) in [5.74, 6) is 5.16. The highest BCUT2D eigenvalue weighted by Crippen LogP contribution is 2.31. The molecular weight excluding hydrogens is 252 g/mol. The molecule has 1 amide bonds. The molecule has 1 heterocycles. The Morgan fingerprint density at radius 2 is 1.84 bits per heavy atom. The summed E-state index contributed by atoms with van der Waals surface area (Å²) in [7, 11) is 2.95. The molecule has 0 radical (unpaired) electrons. The molecule has 100 valence electrons. The molecule has 0 fully saturated rings. The number of methoxy groups -OCH3 is 2. The molecule has 0 aliphatic rings. The molecule has 2 rings (SSSR count). The molecule has 0 bridgehead atoms. The fourth-order valence-electron chi connectivity index (χ4n) is 1.68. The summed E-state index contributed by atoms with van der Waals surface area (Å²) in [5, 5.41) is 0.524. The standard InChI is InChI=1S/C12H12N2O5/c1-17-9-4-6-3-7(11(15)14-13)12(16)19-8(6)5-10(9)18-2/h3-5H,13H2,1-2H3,(H,14,15). The smallest absolute Gasteiger partial charge is 0.349 e. The predicted molar refractivity (Wildman–Crippen MR) is 67.2 cm³/mol. The van der Waals surface area contributed by atoms with Crippen LogP contribution in [-0.2, 0) is 0 Å². The second-order valence-electron chi connectivity index (χ2n) is 3.67. The van der Waals surface area contributed by atoms with E-state index in [4.69, 9.17) is 19.7 Å². The minimum Gasteiger partial charge on any atom is -0.493 e. The van der Waals surface area contributed by atoms with Crippen LogP contribution in [0.15, 0.2) is 27.4 Å². The van der Waals surface area contributed by atoms with E-state index < -0.39 is 11.5 Å². The first-order valence-corrected chi connectivity index (χ1v) is 5.31. The molecule has 2 aromatic rings. The van der Waals surface area contributed by atoms with Gasteiger partial charge in [0.25, 0.3) is 5.91 Å². The van der Waals surface area contributed by atoms with Gasteiger partial charge >= 0.3 is 5.63 Å². The lowest BCUT2D eigenvalue weighted by Gasteiger charge is -2.08. The van der Waals surface area contributed by atoms with E-state index in [-0.39, 0.29) is 11.1 Å². The Bertz CT molecular complexity index is 692. The van der Waals surface area contributed by atoms with Gasteiger partial charge < -0.3 is 13.9 Å². The number of benzene rings is 1. The second-order valence-corrected chi connectivity index (χ2v) is 3.67. The van der Waals surface area contributed by atoms with E-state index in [1.54, 1.807) is 6.07 Å². The minimum absolute atomic E-state index is 0.179. The summed E-state index contributed by atoms with van der Waals surface area (Å²) in [4.78, 5) is 23.0. The van der Waals surface area contributed by atoms with Gasteiger partial charge in [-0.25, -0.2) is 10.6 Å². The van der Waals surface area contributed by atoms with Gasteiger partial charge in [-0.15, -0.1) is 0 Å². The van der Waals surface area contributed by atoms with Crippen molar-refractivity contribution in [3.05, 3.63) is 34.2 Å². The van der Waals surface area contributed by atoms with Crippen LogP contribution in [0.2, 0.25) is 0 Å². The maximum absolute atomic E-state index is 11.6.